The van der Waals surface area contributed by atoms with Gasteiger partial charge in [0.05, 0.1) is 0 Å². The highest BCUT2D eigenvalue weighted by molar-refractivity contribution is 5.97. The second-order valence-electron chi connectivity index (χ2n) is 5.45. The summed E-state index contributed by atoms with van der Waals surface area (Å²) in [5.41, 5.74) is 0.567. The van der Waals surface area contributed by atoms with Crippen molar-refractivity contribution in [1.29, 1.82) is 0 Å². The number of amides is 2. The molecule has 1 aliphatic heterocycles. The van der Waals surface area contributed by atoms with E-state index < -0.39 is 6.04 Å². The Morgan fingerprint density at radius 2 is 1.95 bits per heavy atom. The van der Waals surface area contributed by atoms with Crippen LogP contribution in [0.3, 0.4) is 0 Å². The van der Waals surface area contributed by atoms with Crippen LogP contribution in [-0.4, -0.2) is 65.4 Å². The molecule has 2 heterocycles. The fraction of sp³-hybridized carbons (Fsp3) is 0.533. The third kappa shape index (κ3) is 3.39. The van der Waals surface area contributed by atoms with E-state index in [1.54, 1.807) is 36.5 Å². The molecule has 0 aromatic carbocycles. The Hall–Kier alpha value is -1.95. The number of piperazine rings is 1. The van der Waals surface area contributed by atoms with Gasteiger partial charge in [-0.15, -0.1) is 0 Å². The van der Waals surface area contributed by atoms with E-state index in [2.05, 4.69) is 29.0 Å². The molecule has 0 unspecified atom stereocenters. The van der Waals surface area contributed by atoms with Crippen molar-refractivity contribution in [1.82, 2.24) is 20.1 Å². The van der Waals surface area contributed by atoms with Crippen molar-refractivity contribution >= 4 is 11.8 Å². The summed E-state index contributed by atoms with van der Waals surface area (Å²) in [5.74, 6) is -0.239. The number of hydrogen-bond donors (Lipinski definition) is 1. The quantitative estimate of drug-likeness (QED) is 0.873. The summed E-state index contributed by atoms with van der Waals surface area (Å²) in [6.07, 6.45) is 3.18. The van der Waals surface area contributed by atoms with Crippen molar-refractivity contribution < 1.29 is 9.59 Å². The van der Waals surface area contributed by atoms with Gasteiger partial charge in [0.15, 0.2) is 0 Å². The minimum absolute atomic E-state index is 0.116. The Morgan fingerprint density at radius 1 is 1.29 bits per heavy atom. The van der Waals surface area contributed by atoms with Crippen molar-refractivity contribution in [2.24, 2.45) is 0 Å². The van der Waals surface area contributed by atoms with Gasteiger partial charge in [0.1, 0.15) is 6.04 Å². The first-order valence-corrected chi connectivity index (χ1v) is 7.21. The number of carbonyl (C=O) groups is 2. The lowest BCUT2D eigenvalue weighted by Crippen LogP contribution is -2.61. The molecule has 1 aromatic rings. The van der Waals surface area contributed by atoms with Crippen LogP contribution in [0.2, 0.25) is 0 Å². The molecule has 21 heavy (non-hydrogen) atoms. The summed E-state index contributed by atoms with van der Waals surface area (Å²) in [7, 11) is 1.60. The highest BCUT2D eigenvalue weighted by atomic mass is 16.2. The summed E-state index contributed by atoms with van der Waals surface area (Å²) in [4.78, 5) is 32.5. The van der Waals surface area contributed by atoms with Gasteiger partial charge in [-0.3, -0.25) is 19.5 Å². The maximum atomic E-state index is 12.6. The average Bonchev–Trinajstić information content (AvgIpc) is 2.53. The largest absolute Gasteiger partial charge is 0.357 e. The smallest absolute Gasteiger partial charge is 0.254 e. The minimum atomic E-state index is -0.452. The molecule has 0 radical (unpaired) electrons. The fourth-order valence-corrected chi connectivity index (χ4v) is 2.57. The highest BCUT2D eigenvalue weighted by Gasteiger charge is 2.35. The molecule has 1 saturated heterocycles. The van der Waals surface area contributed by atoms with Gasteiger partial charge in [0.25, 0.3) is 5.91 Å². The SMILES string of the molecule is CNC(=O)[C@@H]1CN(C(C)C)CCN1C(=O)c1ccncc1. The van der Waals surface area contributed by atoms with Gasteiger partial charge in [-0.1, -0.05) is 0 Å². The van der Waals surface area contributed by atoms with E-state index in [9.17, 15) is 9.59 Å². The molecule has 0 aliphatic carbocycles. The maximum Gasteiger partial charge on any atom is 0.254 e. The first kappa shape index (κ1) is 15.4. The molecule has 0 bridgehead atoms. The van der Waals surface area contributed by atoms with Crippen LogP contribution in [0.15, 0.2) is 24.5 Å². The zero-order chi connectivity index (χ0) is 15.4. The van der Waals surface area contributed by atoms with Crippen LogP contribution in [0.25, 0.3) is 0 Å². The predicted molar refractivity (Wildman–Crippen MR) is 79.8 cm³/mol. The number of hydrogen-bond acceptors (Lipinski definition) is 4. The van der Waals surface area contributed by atoms with Crippen LogP contribution in [0, 0.1) is 0 Å². The molecule has 1 aliphatic rings. The Morgan fingerprint density at radius 3 is 2.52 bits per heavy atom. The third-order valence-corrected chi connectivity index (χ3v) is 3.88. The average molecular weight is 290 g/mol. The van der Waals surface area contributed by atoms with Crippen LogP contribution < -0.4 is 5.32 Å². The Kier molecular flexibility index (Phi) is 4.90. The minimum Gasteiger partial charge on any atom is -0.357 e. The van der Waals surface area contributed by atoms with Crippen molar-refractivity contribution in [3.8, 4) is 0 Å². The molecule has 1 atom stereocenters. The summed E-state index contributed by atoms with van der Waals surface area (Å²) < 4.78 is 0. The summed E-state index contributed by atoms with van der Waals surface area (Å²) in [6, 6.07) is 3.26. The topological polar surface area (TPSA) is 65.5 Å². The normalized spacial score (nSPS) is 19.6. The van der Waals surface area contributed by atoms with Crippen LogP contribution in [0.5, 0.6) is 0 Å². The zero-order valence-corrected chi connectivity index (χ0v) is 12.7. The molecular formula is C15H22N4O2. The Balaban J connectivity index is 2.21. The Labute approximate surface area is 125 Å². The van der Waals surface area contributed by atoms with E-state index >= 15 is 0 Å². The number of nitrogens with zero attached hydrogens (tertiary/aromatic N) is 3. The standard InChI is InChI=1S/C15H22N4O2/c1-11(2)18-8-9-19(13(10-18)14(20)16-3)15(21)12-4-6-17-7-5-12/h4-7,11,13H,8-10H2,1-3H3,(H,16,20)/t13-/m0/s1. The second kappa shape index (κ2) is 6.67. The van der Waals surface area contributed by atoms with Gasteiger partial charge < -0.3 is 10.2 Å². The third-order valence-electron chi connectivity index (χ3n) is 3.88. The first-order chi connectivity index (χ1) is 10.0. The van der Waals surface area contributed by atoms with E-state index in [0.717, 1.165) is 6.54 Å². The first-order valence-electron chi connectivity index (χ1n) is 7.21. The van der Waals surface area contributed by atoms with Crippen LogP contribution in [0.4, 0.5) is 0 Å². The van der Waals surface area contributed by atoms with Crippen molar-refractivity contribution in [3.63, 3.8) is 0 Å². The molecule has 1 fully saturated rings. The maximum absolute atomic E-state index is 12.6. The molecule has 114 valence electrons. The molecule has 1 aromatic heterocycles. The molecule has 1 N–H and O–H groups in total. The van der Waals surface area contributed by atoms with Gasteiger partial charge in [0.2, 0.25) is 5.91 Å². The van der Waals surface area contributed by atoms with Crippen LogP contribution in [-0.2, 0) is 4.79 Å². The number of aromatic nitrogens is 1. The molecule has 2 amide bonds. The molecule has 0 saturated carbocycles. The van der Waals surface area contributed by atoms with E-state index in [-0.39, 0.29) is 11.8 Å². The lowest BCUT2D eigenvalue weighted by molar-refractivity contribution is -0.127. The molecular weight excluding hydrogens is 268 g/mol. The van der Waals surface area contributed by atoms with Crippen LogP contribution in [0.1, 0.15) is 24.2 Å². The van der Waals surface area contributed by atoms with Gasteiger partial charge in [-0.2, -0.15) is 0 Å². The summed E-state index contributed by atoms with van der Waals surface area (Å²) >= 11 is 0. The summed E-state index contributed by atoms with van der Waals surface area (Å²) in [6.45, 7) is 6.09. The molecule has 2 rings (SSSR count). The number of pyridine rings is 1. The molecule has 0 spiro atoms. The lowest BCUT2D eigenvalue weighted by Gasteiger charge is -2.42. The van der Waals surface area contributed by atoms with Crippen LogP contribution >= 0.6 is 0 Å². The molecule has 6 heteroatoms. The number of likely N-dealkylation sites (N-methyl/N-ethyl adjacent to an activating group) is 1. The van der Waals surface area contributed by atoms with Crippen molar-refractivity contribution in [3.05, 3.63) is 30.1 Å². The summed E-state index contributed by atoms with van der Waals surface area (Å²) in [5, 5.41) is 2.66. The van der Waals surface area contributed by atoms with Gasteiger partial charge in [-0.25, -0.2) is 0 Å². The van der Waals surface area contributed by atoms with Crippen molar-refractivity contribution in [2.45, 2.75) is 25.9 Å². The number of carbonyl (C=O) groups excluding carboxylic acids is 2. The van der Waals surface area contributed by atoms with E-state index in [1.165, 1.54) is 0 Å². The monoisotopic (exact) mass is 290 g/mol. The van der Waals surface area contributed by atoms with E-state index in [1.807, 2.05) is 0 Å². The van der Waals surface area contributed by atoms with E-state index in [4.69, 9.17) is 0 Å². The van der Waals surface area contributed by atoms with Gasteiger partial charge >= 0.3 is 0 Å². The fourth-order valence-electron chi connectivity index (χ4n) is 2.57. The lowest BCUT2D eigenvalue weighted by atomic mass is 10.1. The highest BCUT2D eigenvalue weighted by Crippen LogP contribution is 2.16. The van der Waals surface area contributed by atoms with Crippen molar-refractivity contribution in [2.75, 3.05) is 26.7 Å². The molecule has 6 nitrogen and oxygen atoms in total. The van der Waals surface area contributed by atoms with Gasteiger partial charge in [-0.05, 0) is 26.0 Å². The Bertz CT molecular complexity index is 504. The second-order valence-corrected chi connectivity index (χ2v) is 5.45. The number of rotatable bonds is 3. The zero-order valence-electron chi connectivity index (χ0n) is 12.7. The number of nitrogens with one attached hydrogen (secondary N) is 1. The van der Waals surface area contributed by atoms with Gasteiger partial charge in [0, 0.05) is 50.7 Å². The van der Waals surface area contributed by atoms with E-state index in [0.29, 0.717) is 24.7 Å². The predicted octanol–water partition coefficient (Wildman–Crippen LogP) is 0.362.